The summed E-state index contributed by atoms with van der Waals surface area (Å²) in [4.78, 5) is 8.44. The second kappa shape index (κ2) is 8.43. The van der Waals surface area contributed by atoms with E-state index in [1.54, 1.807) is 30.4 Å². The Balaban J connectivity index is 2.32. The van der Waals surface area contributed by atoms with Crippen LogP contribution in [0, 0.1) is 5.41 Å². The van der Waals surface area contributed by atoms with Crippen molar-refractivity contribution in [3.05, 3.63) is 78.5 Å². The summed E-state index contributed by atoms with van der Waals surface area (Å²) in [6.07, 6.45) is 3.41. The first-order chi connectivity index (χ1) is 11.6. The fraction of sp³-hybridized carbons (Fsp3) is 0.105. The number of aromatic nitrogens is 1. The van der Waals surface area contributed by atoms with Crippen molar-refractivity contribution in [3.63, 3.8) is 0 Å². The van der Waals surface area contributed by atoms with Gasteiger partial charge in [0.2, 0.25) is 11.8 Å². The number of para-hydroxylation sites is 1. The Morgan fingerprint density at radius 3 is 2.58 bits per heavy atom. The Morgan fingerprint density at radius 1 is 1.17 bits per heavy atom. The molecule has 1 N–H and O–H groups in total. The first kappa shape index (κ1) is 17.1. The van der Waals surface area contributed by atoms with Crippen LogP contribution in [0.2, 0.25) is 0 Å². The van der Waals surface area contributed by atoms with Gasteiger partial charge in [-0.25, -0.2) is 4.98 Å². The van der Waals surface area contributed by atoms with Crippen molar-refractivity contribution >= 4 is 11.7 Å². The fourth-order valence-corrected chi connectivity index (χ4v) is 1.78. The van der Waals surface area contributed by atoms with Crippen molar-refractivity contribution in [1.29, 1.82) is 5.41 Å². The molecule has 5 heteroatoms. The Labute approximate surface area is 141 Å². The average Bonchev–Trinajstić information content (AvgIpc) is 2.62. The molecule has 0 saturated carbocycles. The highest BCUT2D eigenvalue weighted by Gasteiger charge is 2.07. The normalized spacial score (nSPS) is 11.8. The van der Waals surface area contributed by atoms with Gasteiger partial charge in [0.25, 0.3) is 0 Å². The maximum atomic E-state index is 8.16. The summed E-state index contributed by atoms with van der Waals surface area (Å²) in [7, 11) is 1.53. The van der Waals surface area contributed by atoms with Crippen LogP contribution in [0.5, 0.6) is 11.6 Å². The molecule has 0 aliphatic rings. The molecule has 5 nitrogen and oxygen atoms in total. The molecule has 1 heterocycles. The zero-order valence-electron chi connectivity index (χ0n) is 13.7. The van der Waals surface area contributed by atoms with Gasteiger partial charge >= 0.3 is 0 Å². The second-order valence-corrected chi connectivity index (χ2v) is 4.87. The molecule has 0 aliphatic carbocycles. The molecule has 0 fully saturated rings. The van der Waals surface area contributed by atoms with Crippen molar-refractivity contribution in [2.24, 2.45) is 4.99 Å². The number of aliphatic imine (C=N–C) groups is 1. The van der Waals surface area contributed by atoms with Gasteiger partial charge in [-0.2, -0.15) is 4.99 Å². The number of hydrogen-bond donors (Lipinski definition) is 1. The van der Waals surface area contributed by atoms with Gasteiger partial charge < -0.3 is 9.47 Å². The monoisotopic (exact) mass is 321 g/mol. The number of rotatable bonds is 5. The molecule has 0 radical (unpaired) electrons. The molecule has 1 aromatic carbocycles. The van der Waals surface area contributed by atoms with Crippen molar-refractivity contribution < 1.29 is 9.47 Å². The molecule has 0 saturated heterocycles. The van der Waals surface area contributed by atoms with Crippen LogP contribution < -0.4 is 9.47 Å². The molecule has 122 valence electrons. The number of ether oxygens (including phenoxy) is 2. The SMILES string of the molecule is C=C/C(C)=C/C(=N\C(=N)c1cccc(OC)n1)Oc1ccccc1. The molecule has 24 heavy (non-hydrogen) atoms. The first-order valence-corrected chi connectivity index (χ1v) is 7.34. The van der Waals surface area contributed by atoms with Gasteiger partial charge in [-0.05, 0) is 30.7 Å². The molecule has 2 rings (SSSR count). The van der Waals surface area contributed by atoms with E-state index in [0.717, 1.165) is 5.57 Å². The summed E-state index contributed by atoms with van der Waals surface area (Å²) in [5, 5.41) is 8.16. The Kier molecular flexibility index (Phi) is 6.02. The van der Waals surface area contributed by atoms with E-state index < -0.39 is 0 Å². The van der Waals surface area contributed by atoms with Gasteiger partial charge in [-0.1, -0.05) is 36.9 Å². The van der Waals surface area contributed by atoms with Crippen molar-refractivity contribution in [2.75, 3.05) is 7.11 Å². The predicted octanol–water partition coefficient (Wildman–Crippen LogP) is 4.03. The van der Waals surface area contributed by atoms with Gasteiger partial charge in [-0.15, -0.1) is 0 Å². The van der Waals surface area contributed by atoms with Gasteiger partial charge in [0.05, 0.1) is 7.11 Å². The molecule has 0 unspecified atom stereocenters. The van der Waals surface area contributed by atoms with Crippen LogP contribution in [-0.4, -0.2) is 23.8 Å². The molecule has 0 atom stereocenters. The van der Waals surface area contributed by atoms with Crippen molar-refractivity contribution in [1.82, 2.24) is 4.98 Å². The third-order valence-electron chi connectivity index (χ3n) is 3.04. The number of benzene rings is 1. The molecule has 1 aromatic heterocycles. The maximum absolute atomic E-state index is 8.16. The molecule has 0 spiro atoms. The summed E-state index contributed by atoms with van der Waals surface area (Å²) in [6.45, 7) is 5.60. The highest BCUT2D eigenvalue weighted by atomic mass is 16.5. The van der Waals surface area contributed by atoms with E-state index in [2.05, 4.69) is 16.6 Å². The number of allylic oxidation sites excluding steroid dienone is 2. The van der Waals surface area contributed by atoms with Crippen molar-refractivity contribution in [3.8, 4) is 11.6 Å². The van der Waals surface area contributed by atoms with E-state index in [9.17, 15) is 0 Å². The molecule has 0 bridgehead atoms. The van der Waals surface area contributed by atoms with E-state index >= 15 is 0 Å². The van der Waals surface area contributed by atoms with E-state index in [1.807, 2.05) is 37.3 Å². The largest absolute Gasteiger partial charge is 0.481 e. The topological polar surface area (TPSA) is 67.6 Å². The Bertz CT molecular complexity index is 780. The molecular formula is C19H19N3O2. The first-order valence-electron chi connectivity index (χ1n) is 7.34. The number of nitrogens with zero attached hydrogens (tertiary/aromatic N) is 2. The maximum Gasteiger partial charge on any atom is 0.221 e. The van der Waals surface area contributed by atoms with E-state index in [0.29, 0.717) is 17.3 Å². The van der Waals surface area contributed by atoms with Crippen molar-refractivity contribution in [2.45, 2.75) is 6.92 Å². The van der Waals surface area contributed by atoms with Crippen LogP contribution in [0.4, 0.5) is 0 Å². The smallest absolute Gasteiger partial charge is 0.221 e. The van der Waals surface area contributed by atoms with E-state index in [1.165, 1.54) is 7.11 Å². The lowest BCUT2D eigenvalue weighted by Crippen LogP contribution is -2.11. The standard InChI is InChI=1S/C19H19N3O2/c1-4-14(2)13-18(24-15-9-6-5-7-10-15)22-19(20)16-11-8-12-17(21-16)23-3/h4-13,20H,1H2,2-3H3/b14-13+,20-19?,22-18+. The number of methoxy groups -OCH3 is 1. The minimum Gasteiger partial charge on any atom is -0.481 e. The molecule has 0 aliphatic heterocycles. The third-order valence-corrected chi connectivity index (χ3v) is 3.04. The third kappa shape index (κ3) is 4.91. The van der Waals surface area contributed by atoms with Gasteiger partial charge in [0.15, 0.2) is 5.84 Å². The van der Waals surface area contributed by atoms with Crippen LogP contribution in [0.25, 0.3) is 0 Å². The Morgan fingerprint density at radius 2 is 1.92 bits per heavy atom. The lowest BCUT2D eigenvalue weighted by molar-refractivity contribution is 0.397. The van der Waals surface area contributed by atoms with Gasteiger partial charge in [0, 0.05) is 12.1 Å². The fourth-order valence-electron chi connectivity index (χ4n) is 1.78. The molecular weight excluding hydrogens is 302 g/mol. The summed E-state index contributed by atoms with van der Waals surface area (Å²) in [6, 6.07) is 14.4. The quantitative estimate of drug-likeness (QED) is 0.514. The average molecular weight is 321 g/mol. The van der Waals surface area contributed by atoms with Crippen LogP contribution in [-0.2, 0) is 0 Å². The summed E-state index contributed by atoms with van der Waals surface area (Å²) in [5.74, 6) is 1.33. The highest BCUT2D eigenvalue weighted by molar-refractivity contribution is 6.06. The van der Waals surface area contributed by atoms with E-state index in [-0.39, 0.29) is 11.7 Å². The minimum absolute atomic E-state index is 0.0204. The summed E-state index contributed by atoms with van der Waals surface area (Å²) in [5.41, 5.74) is 1.27. The van der Waals surface area contributed by atoms with Crippen LogP contribution in [0.3, 0.4) is 0 Å². The highest BCUT2D eigenvalue weighted by Crippen LogP contribution is 2.12. The van der Waals surface area contributed by atoms with Gasteiger partial charge in [-0.3, -0.25) is 5.41 Å². The zero-order valence-corrected chi connectivity index (χ0v) is 13.7. The molecule has 0 amide bonds. The van der Waals surface area contributed by atoms with Crippen LogP contribution in [0.15, 0.2) is 77.8 Å². The number of nitrogens with one attached hydrogen (secondary N) is 1. The summed E-state index contributed by atoms with van der Waals surface area (Å²) < 4.78 is 10.8. The van der Waals surface area contributed by atoms with Gasteiger partial charge in [0.1, 0.15) is 11.4 Å². The lowest BCUT2D eigenvalue weighted by Gasteiger charge is -2.07. The minimum atomic E-state index is -0.0204. The molecule has 2 aromatic rings. The number of hydrogen-bond acceptors (Lipinski definition) is 4. The second-order valence-electron chi connectivity index (χ2n) is 4.87. The number of pyridine rings is 1. The van der Waals surface area contributed by atoms with E-state index in [4.69, 9.17) is 14.9 Å². The van der Waals surface area contributed by atoms with Crippen LogP contribution in [0.1, 0.15) is 12.6 Å². The zero-order chi connectivity index (χ0) is 17.4. The number of amidine groups is 1. The lowest BCUT2D eigenvalue weighted by atomic mass is 10.3. The summed E-state index contributed by atoms with van der Waals surface area (Å²) >= 11 is 0. The predicted molar refractivity (Wildman–Crippen MR) is 96.1 cm³/mol. The van der Waals surface area contributed by atoms with Crippen LogP contribution >= 0.6 is 0 Å². The Hall–Kier alpha value is -3.21.